The Morgan fingerprint density at radius 3 is 2.79 bits per heavy atom. The topological polar surface area (TPSA) is 82.8 Å². The molecule has 3 fully saturated rings. The van der Waals surface area contributed by atoms with Crippen molar-refractivity contribution >= 4 is 10.8 Å². The van der Waals surface area contributed by atoms with E-state index in [0.29, 0.717) is 6.42 Å². The summed E-state index contributed by atoms with van der Waals surface area (Å²) < 4.78 is 7.12. The molecule has 2 bridgehead atoms. The first-order chi connectivity index (χ1) is 16.3. The van der Waals surface area contributed by atoms with Gasteiger partial charge in [-0.15, -0.1) is 0 Å². The van der Waals surface area contributed by atoms with E-state index in [9.17, 15) is 15.3 Å². The molecule has 2 spiro atoms. The van der Waals surface area contributed by atoms with Crippen molar-refractivity contribution in [2.45, 2.75) is 81.4 Å². The molecule has 2 aliphatic heterocycles. The van der Waals surface area contributed by atoms with Gasteiger partial charge in [-0.3, -0.25) is 4.98 Å². The van der Waals surface area contributed by atoms with Gasteiger partial charge in [0.25, 0.3) is 0 Å². The van der Waals surface area contributed by atoms with E-state index in [4.69, 9.17) is 4.74 Å². The molecule has 5 aliphatic rings. The van der Waals surface area contributed by atoms with Gasteiger partial charge < -0.3 is 20.1 Å². The second-order valence-corrected chi connectivity index (χ2v) is 11.9. The van der Waals surface area contributed by atoms with Crippen LogP contribution < -0.4 is 0 Å². The molecule has 1 aromatic carbocycles. The predicted octanol–water partition coefficient (Wildman–Crippen LogP) is 4.03. The Labute approximate surface area is 200 Å². The monoisotopic (exact) mass is 459 g/mol. The Balaban J connectivity index is 1.33. The lowest BCUT2D eigenvalue weighted by Crippen LogP contribution is -2.57. The Morgan fingerprint density at radius 1 is 1.09 bits per heavy atom. The van der Waals surface area contributed by atoms with Crippen molar-refractivity contribution in [1.82, 2.24) is 4.98 Å². The van der Waals surface area contributed by atoms with Crippen molar-refractivity contribution in [3.05, 3.63) is 65.5 Å². The Hall–Kier alpha value is -2.05. The number of ether oxygens (including phenoxy) is 1. The van der Waals surface area contributed by atoms with E-state index in [1.807, 2.05) is 25.4 Å². The van der Waals surface area contributed by atoms with Crippen molar-refractivity contribution in [2.24, 2.45) is 17.3 Å². The first kappa shape index (κ1) is 21.3. The third kappa shape index (κ3) is 2.51. The van der Waals surface area contributed by atoms with Crippen LogP contribution in [0.1, 0.15) is 57.4 Å². The molecule has 9 atom stereocenters. The summed E-state index contributed by atoms with van der Waals surface area (Å²) in [6.07, 6.45) is 10.2. The van der Waals surface area contributed by atoms with Gasteiger partial charge in [-0.25, -0.2) is 0 Å². The van der Waals surface area contributed by atoms with Crippen LogP contribution in [0.3, 0.4) is 0 Å². The molecule has 3 heterocycles. The summed E-state index contributed by atoms with van der Waals surface area (Å²) >= 11 is 0. The van der Waals surface area contributed by atoms with Gasteiger partial charge in [-0.2, -0.15) is 0 Å². The number of aliphatic hydroxyl groups excluding tert-OH is 3. The van der Waals surface area contributed by atoms with Crippen molar-refractivity contribution in [3.8, 4) is 0 Å². The standard InChI is InChI=1S/C29H33NO4/c1-16-14-28-8-9-29(34-28)20(12-21(28)26(33)25(16)32)5-7-27(2)23(29)13-22(31)24(27)18-4-3-17-6-10-30-15-19(17)11-18/h3-6,10-12,15-16,22-26,31-33H,7-9,13-14H2,1-2H3. The molecule has 2 aromatic rings. The lowest BCUT2D eigenvalue weighted by atomic mass is 9.58. The highest BCUT2D eigenvalue weighted by Gasteiger charge is 2.69. The van der Waals surface area contributed by atoms with Gasteiger partial charge in [0.15, 0.2) is 0 Å². The molecule has 7 rings (SSSR count). The molecule has 5 nitrogen and oxygen atoms in total. The molecule has 178 valence electrons. The van der Waals surface area contributed by atoms with Crippen LogP contribution in [0.4, 0.5) is 0 Å². The largest absolute Gasteiger partial charge is 0.392 e. The van der Waals surface area contributed by atoms with E-state index in [0.717, 1.165) is 47.6 Å². The van der Waals surface area contributed by atoms with Gasteiger partial charge in [-0.1, -0.05) is 38.1 Å². The fourth-order valence-corrected chi connectivity index (χ4v) is 8.62. The zero-order valence-corrected chi connectivity index (χ0v) is 19.8. The molecule has 1 aromatic heterocycles. The maximum absolute atomic E-state index is 11.5. The molecular weight excluding hydrogens is 426 g/mol. The molecule has 5 heteroatoms. The van der Waals surface area contributed by atoms with Crippen LogP contribution in [0.25, 0.3) is 10.8 Å². The highest BCUT2D eigenvalue weighted by molar-refractivity contribution is 5.82. The van der Waals surface area contributed by atoms with Crippen LogP contribution in [0.2, 0.25) is 0 Å². The Bertz CT molecular complexity index is 1250. The second kappa shape index (κ2) is 6.79. The Morgan fingerprint density at radius 2 is 1.94 bits per heavy atom. The van der Waals surface area contributed by atoms with Gasteiger partial charge in [0.2, 0.25) is 0 Å². The summed E-state index contributed by atoms with van der Waals surface area (Å²) in [4.78, 5) is 4.30. The van der Waals surface area contributed by atoms with E-state index >= 15 is 0 Å². The number of fused-ring (bicyclic) bond motifs is 2. The number of aromatic nitrogens is 1. The van der Waals surface area contributed by atoms with Crippen molar-refractivity contribution in [1.29, 1.82) is 0 Å². The maximum Gasteiger partial charge on any atom is 0.104 e. The number of allylic oxidation sites excluding steroid dienone is 1. The molecule has 34 heavy (non-hydrogen) atoms. The first-order valence-electron chi connectivity index (χ1n) is 12.8. The van der Waals surface area contributed by atoms with E-state index < -0.39 is 29.5 Å². The number of aliphatic hydroxyl groups is 3. The number of benzene rings is 1. The fourth-order valence-electron chi connectivity index (χ4n) is 8.62. The molecule has 0 amide bonds. The number of pyridine rings is 1. The van der Waals surface area contributed by atoms with Crippen LogP contribution in [-0.2, 0) is 4.74 Å². The molecule has 9 unspecified atom stereocenters. The van der Waals surface area contributed by atoms with Crippen LogP contribution in [-0.4, -0.2) is 49.8 Å². The van der Waals surface area contributed by atoms with E-state index in [1.54, 1.807) is 0 Å². The van der Waals surface area contributed by atoms with E-state index in [-0.39, 0.29) is 23.2 Å². The number of rotatable bonds is 1. The van der Waals surface area contributed by atoms with Gasteiger partial charge in [-0.05, 0) is 77.7 Å². The average molecular weight is 460 g/mol. The zero-order valence-electron chi connectivity index (χ0n) is 19.8. The quantitative estimate of drug-likeness (QED) is 0.600. The lowest BCUT2D eigenvalue weighted by molar-refractivity contribution is -0.162. The molecular formula is C29H33NO4. The zero-order chi connectivity index (χ0) is 23.5. The lowest BCUT2D eigenvalue weighted by Gasteiger charge is -2.55. The minimum Gasteiger partial charge on any atom is -0.392 e. The van der Waals surface area contributed by atoms with E-state index in [2.05, 4.69) is 42.3 Å². The fraction of sp³-hybridized carbons (Fsp3) is 0.552. The van der Waals surface area contributed by atoms with Gasteiger partial charge in [0, 0.05) is 29.6 Å². The van der Waals surface area contributed by atoms with Crippen LogP contribution >= 0.6 is 0 Å². The molecule has 3 aliphatic carbocycles. The van der Waals surface area contributed by atoms with Crippen molar-refractivity contribution in [3.63, 3.8) is 0 Å². The normalized spacial score (nSPS) is 47.0. The first-order valence-corrected chi connectivity index (χ1v) is 12.8. The van der Waals surface area contributed by atoms with Crippen LogP contribution in [0, 0.1) is 17.3 Å². The molecule has 2 saturated carbocycles. The smallest absolute Gasteiger partial charge is 0.104 e. The summed E-state index contributed by atoms with van der Waals surface area (Å²) in [5.74, 6) is 0.203. The van der Waals surface area contributed by atoms with Gasteiger partial charge >= 0.3 is 0 Å². The minimum absolute atomic E-state index is 0.0177. The van der Waals surface area contributed by atoms with Gasteiger partial charge in [0.1, 0.15) is 6.10 Å². The molecule has 3 N–H and O–H groups in total. The SMILES string of the molecule is CC1CC23CCC4(O2)C(=CCC2(C)C(c5ccc6ccncc6c5)C(O)CC42)C=C3C(O)C1O. The third-order valence-electron chi connectivity index (χ3n) is 10.2. The van der Waals surface area contributed by atoms with Crippen LogP contribution in [0.15, 0.2) is 60.0 Å². The average Bonchev–Trinajstić information content (AvgIpc) is 3.29. The summed E-state index contributed by atoms with van der Waals surface area (Å²) in [7, 11) is 0. The summed E-state index contributed by atoms with van der Waals surface area (Å²) in [6, 6.07) is 8.55. The summed E-state index contributed by atoms with van der Waals surface area (Å²) in [6.45, 7) is 4.34. The van der Waals surface area contributed by atoms with Crippen LogP contribution in [0.5, 0.6) is 0 Å². The van der Waals surface area contributed by atoms with E-state index in [1.165, 1.54) is 5.56 Å². The number of nitrogens with zero attached hydrogens (tertiary/aromatic N) is 1. The molecule has 0 radical (unpaired) electrons. The Kier molecular flexibility index (Phi) is 4.24. The minimum atomic E-state index is -0.873. The van der Waals surface area contributed by atoms with Crippen molar-refractivity contribution < 1.29 is 20.1 Å². The summed E-state index contributed by atoms with van der Waals surface area (Å²) in [5, 5.41) is 35.3. The number of hydrogen-bond acceptors (Lipinski definition) is 5. The summed E-state index contributed by atoms with van der Waals surface area (Å²) in [5.41, 5.74) is 2.13. The highest BCUT2D eigenvalue weighted by atomic mass is 16.5. The second-order valence-electron chi connectivity index (χ2n) is 11.9. The van der Waals surface area contributed by atoms with Gasteiger partial charge in [0.05, 0.1) is 23.4 Å². The number of hydrogen-bond donors (Lipinski definition) is 3. The third-order valence-corrected chi connectivity index (χ3v) is 10.2. The molecule has 1 saturated heterocycles. The predicted molar refractivity (Wildman–Crippen MR) is 129 cm³/mol. The maximum atomic E-state index is 11.5. The van der Waals surface area contributed by atoms with Crippen molar-refractivity contribution in [2.75, 3.05) is 0 Å². The highest BCUT2D eigenvalue weighted by Crippen LogP contribution is 2.69.